The molecule has 0 atom stereocenters. The van der Waals surface area contributed by atoms with Crippen molar-refractivity contribution in [2.45, 2.75) is 13.5 Å². The lowest BCUT2D eigenvalue weighted by atomic mass is 10.1. The first-order chi connectivity index (χ1) is 12.8. The molecular weight excluding hydrogens is 362 g/mol. The number of nitrogens with zero attached hydrogens (tertiary/aromatic N) is 3. The molecule has 0 N–H and O–H groups in total. The van der Waals surface area contributed by atoms with Gasteiger partial charge >= 0.3 is 10.2 Å². The third-order valence-corrected chi connectivity index (χ3v) is 5.66. The van der Waals surface area contributed by atoms with E-state index in [9.17, 15) is 13.2 Å². The highest BCUT2D eigenvalue weighted by Gasteiger charge is 2.31. The summed E-state index contributed by atoms with van der Waals surface area (Å²) in [5.41, 5.74) is 2.98. The first kappa shape index (κ1) is 18.8. The smallest absolute Gasteiger partial charge is 0.336 e. The van der Waals surface area contributed by atoms with E-state index in [4.69, 9.17) is 0 Å². The summed E-state index contributed by atoms with van der Waals surface area (Å²) in [6.45, 7) is 2.32. The molecule has 0 aliphatic carbocycles. The predicted octanol–water partition coefficient (Wildman–Crippen LogP) is 2.52. The lowest BCUT2D eigenvalue weighted by Crippen LogP contribution is -2.39. The number of benzene rings is 2. The molecule has 0 radical (unpaired) electrons. The van der Waals surface area contributed by atoms with Gasteiger partial charge in [0.25, 0.3) is 5.91 Å². The molecule has 2 aromatic rings. The number of hydrogen-bond acceptors (Lipinski definition) is 3. The van der Waals surface area contributed by atoms with E-state index in [-0.39, 0.29) is 17.3 Å². The minimum absolute atomic E-state index is 0.0685. The minimum Gasteiger partial charge on any atom is -0.336 e. The number of carbonyl (C=O) groups excluding carboxylic acids is 1. The fourth-order valence-electron chi connectivity index (χ4n) is 2.74. The summed E-state index contributed by atoms with van der Waals surface area (Å²) < 4.78 is 29.7. The molecule has 0 fully saturated rings. The standard InChI is InChI=1S/C20H21N3O3S/c1-15-9-11-17(12-10-15)18-13-19(23(3)27(25,26)21-18)20(24)22(2)14-16-7-5-4-6-8-16/h4-13H,14H2,1-3H3. The molecule has 6 nitrogen and oxygen atoms in total. The zero-order chi connectivity index (χ0) is 19.6. The summed E-state index contributed by atoms with van der Waals surface area (Å²) in [5, 5.41) is 0. The molecule has 0 saturated carbocycles. The van der Waals surface area contributed by atoms with Crippen LogP contribution in [0.3, 0.4) is 0 Å². The largest absolute Gasteiger partial charge is 0.345 e. The lowest BCUT2D eigenvalue weighted by Gasteiger charge is -2.27. The SMILES string of the molecule is Cc1ccc(C2=NS(=O)(=O)N(C)C(C(=O)N(C)Cc3ccccc3)=C2)cc1. The van der Waals surface area contributed by atoms with Gasteiger partial charge in [-0.2, -0.15) is 8.42 Å². The predicted molar refractivity (Wildman–Crippen MR) is 105 cm³/mol. The van der Waals surface area contributed by atoms with Crippen LogP contribution in [0.15, 0.2) is 70.8 Å². The van der Waals surface area contributed by atoms with E-state index in [1.807, 2.05) is 49.4 Å². The molecule has 2 aromatic carbocycles. The molecule has 0 aromatic heterocycles. The molecule has 0 unspecified atom stereocenters. The molecule has 140 valence electrons. The highest BCUT2D eigenvalue weighted by molar-refractivity contribution is 7.88. The van der Waals surface area contributed by atoms with Crippen molar-refractivity contribution in [3.8, 4) is 0 Å². The Balaban J connectivity index is 1.93. The Kier molecular flexibility index (Phi) is 5.14. The Morgan fingerprint density at radius 3 is 2.33 bits per heavy atom. The number of carbonyl (C=O) groups is 1. The van der Waals surface area contributed by atoms with Gasteiger partial charge in [0.15, 0.2) is 0 Å². The molecule has 1 aliphatic heterocycles. The fourth-order valence-corrected chi connectivity index (χ4v) is 3.65. The molecule has 0 spiro atoms. The van der Waals surface area contributed by atoms with Crippen molar-refractivity contribution in [1.82, 2.24) is 9.21 Å². The van der Waals surface area contributed by atoms with Gasteiger partial charge in [0.05, 0.1) is 5.71 Å². The molecule has 7 heteroatoms. The molecule has 1 heterocycles. The van der Waals surface area contributed by atoms with Crippen LogP contribution in [0.4, 0.5) is 0 Å². The highest BCUT2D eigenvalue weighted by atomic mass is 32.2. The van der Waals surface area contributed by atoms with Crippen molar-refractivity contribution in [2.24, 2.45) is 4.40 Å². The van der Waals surface area contributed by atoms with E-state index in [0.717, 1.165) is 15.4 Å². The van der Waals surface area contributed by atoms with E-state index in [1.54, 1.807) is 19.2 Å². The van der Waals surface area contributed by atoms with Gasteiger partial charge in [-0.1, -0.05) is 60.2 Å². The van der Waals surface area contributed by atoms with Crippen LogP contribution in [-0.4, -0.2) is 43.3 Å². The van der Waals surface area contributed by atoms with E-state index in [0.29, 0.717) is 12.1 Å². The normalized spacial score (nSPS) is 15.7. The van der Waals surface area contributed by atoms with Crippen LogP contribution < -0.4 is 0 Å². The van der Waals surface area contributed by atoms with Crippen molar-refractivity contribution in [3.63, 3.8) is 0 Å². The van der Waals surface area contributed by atoms with E-state index in [2.05, 4.69) is 4.40 Å². The third-order valence-electron chi connectivity index (χ3n) is 4.35. The van der Waals surface area contributed by atoms with E-state index in [1.165, 1.54) is 18.0 Å². The average molecular weight is 383 g/mol. The van der Waals surface area contributed by atoms with Crippen molar-refractivity contribution in [1.29, 1.82) is 0 Å². The van der Waals surface area contributed by atoms with E-state index < -0.39 is 10.2 Å². The monoisotopic (exact) mass is 383 g/mol. The summed E-state index contributed by atoms with van der Waals surface area (Å²) in [7, 11) is -0.979. The van der Waals surface area contributed by atoms with Crippen molar-refractivity contribution >= 4 is 21.8 Å². The van der Waals surface area contributed by atoms with Gasteiger partial charge in [0, 0.05) is 26.2 Å². The Morgan fingerprint density at radius 1 is 1.07 bits per heavy atom. The van der Waals surface area contributed by atoms with Crippen LogP contribution in [0, 0.1) is 6.92 Å². The second-order valence-corrected chi connectivity index (χ2v) is 8.09. The minimum atomic E-state index is -3.96. The first-order valence-electron chi connectivity index (χ1n) is 8.45. The van der Waals surface area contributed by atoms with Crippen LogP contribution in [0.25, 0.3) is 0 Å². The highest BCUT2D eigenvalue weighted by Crippen LogP contribution is 2.21. The van der Waals surface area contributed by atoms with Crippen molar-refractivity contribution in [2.75, 3.05) is 14.1 Å². The van der Waals surface area contributed by atoms with Gasteiger partial charge in [-0.25, -0.2) is 4.31 Å². The fraction of sp³-hybridized carbons (Fsp3) is 0.200. The molecule has 0 saturated heterocycles. The van der Waals surface area contributed by atoms with Crippen LogP contribution in [0.2, 0.25) is 0 Å². The van der Waals surface area contributed by atoms with Crippen LogP contribution in [-0.2, 0) is 21.5 Å². The summed E-state index contributed by atoms with van der Waals surface area (Å²) in [6, 6.07) is 16.9. The second-order valence-electron chi connectivity index (χ2n) is 6.46. The molecule has 1 aliphatic rings. The van der Waals surface area contributed by atoms with Gasteiger partial charge < -0.3 is 4.90 Å². The van der Waals surface area contributed by atoms with Crippen LogP contribution in [0.1, 0.15) is 16.7 Å². The topological polar surface area (TPSA) is 70.0 Å². The number of hydrogen-bond donors (Lipinski definition) is 0. The number of amides is 1. The van der Waals surface area contributed by atoms with Gasteiger partial charge in [0.1, 0.15) is 5.70 Å². The number of likely N-dealkylation sites (N-methyl/N-ethyl adjacent to an activating group) is 2. The van der Waals surface area contributed by atoms with Crippen molar-refractivity contribution in [3.05, 3.63) is 83.1 Å². The van der Waals surface area contributed by atoms with Gasteiger partial charge in [-0.3, -0.25) is 4.79 Å². The maximum atomic E-state index is 12.9. The van der Waals surface area contributed by atoms with Gasteiger partial charge in [-0.15, -0.1) is 4.40 Å². The second kappa shape index (κ2) is 7.36. The Morgan fingerprint density at radius 2 is 1.70 bits per heavy atom. The zero-order valence-electron chi connectivity index (χ0n) is 15.5. The molecule has 1 amide bonds. The van der Waals surface area contributed by atoms with E-state index >= 15 is 0 Å². The first-order valence-corrected chi connectivity index (χ1v) is 9.84. The van der Waals surface area contributed by atoms with Crippen LogP contribution >= 0.6 is 0 Å². The average Bonchev–Trinajstić information content (AvgIpc) is 2.64. The summed E-state index contributed by atoms with van der Waals surface area (Å²) in [5.74, 6) is -0.385. The van der Waals surface area contributed by atoms with Crippen molar-refractivity contribution < 1.29 is 13.2 Å². The summed E-state index contributed by atoms with van der Waals surface area (Å²) >= 11 is 0. The molecule has 27 heavy (non-hydrogen) atoms. The Hall–Kier alpha value is -2.93. The third kappa shape index (κ3) is 4.09. The maximum Gasteiger partial charge on any atom is 0.345 e. The lowest BCUT2D eigenvalue weighted by molar-refractivity contribution is -0.127. The number of allylic oxidation sites excluding steroid dienone is 1. The molecule has 3 rings (SSSR count). The number of aryl methyl sites for hydroxylation is 1. The summed E-state index contributed by atoms with van der Waals surface area (Å²) in [4.78, 5) is 14.4. The summed E-state index contributed by atoms with van der Waals surface area (Å²) in [6.07, 6.45) is 1.52. The quantitative estimate of drug-likeness (QED) is 0.815. The van der Waals surface area contributed by atoms with Gasteiger partial charge in [0.2, 0.25) is 0 Å². The maximum absolute atomic E-state index is 12.9. The Bertz CT molecular complexity index is 1010. The zero-order valence-corrected chi connectivity index (χ0v) is 16.3. The molecular formula is C20H21N3O3S. The molecule has 0 bridgehead atoms. The van der Waals surface area contributed by atoms with Crippen LogP contribution in [0.5, 0.6) is 0 Å². The Labute approximate surface area is 159 Å². The number of rotatable bonds is 4. The van der Waals surface area contributed by atoms with Gasteiger partial charge in [-0.05, 0) is 18.6 Å².